The molecule has 0 bridgehead atoms. The fourth-order valence-corrected chi connectivity index (χ4v) is 0.971. The second-order valence-electron chi connectivity index (χ2n) is 2.73. The Hall–Kier alpha value is -0.870. The Balaban J connectivity index is 2.61. The smallest absolute Gasteiger partial charge is 0.162 e. The molecule has 0 aromatic carbocycles. The highest BCUT2D eigenvalue weighted by atomic mass is 16.5. The van der Waals surface area contributed by atoms with E-state index >= 15 is 0 Å². The molecule has 68 valence electrons. The van der Waals surface area contributed by atoms with E-state index in [0.717, 1.165) is 5.69 Å². The average Bonchev–Trinajstić information content (AvgIpc) is 2.52. The molecule has 0 spiro atoms. The molecule has 0 aliphatic carbocycles. The summed E-state index contributed by atoms with van der Waals surface area (Å²) in [6.45, 7) is 2.49. The quantitative estimate of drug-likeness (QED) is 0.731. The molecular weight excluding hydrogens is 158 g/mol. The number of hydrogen-bond acceptors (Lipinski definition) is 4. The van der Waals surface area contributed by atoms with Crippen LogP contribution in [0.2, 0.25) is 0 Å². The molecule has 1 aromatic heterocycles. The van der Waals surface area contributed by atoms with Gasteiger partial charge in [-0.25, -0.2) is 0 Å². The summed E-state index contributed by atoms with van der Waals surface area (Å²) in [5.41, 5.74) is 0.820. The van der Waals surface area contributed by atoms with Crippen molar-refractivity contribution in [2.24, 2.45) is 0 Å². The Morgan fingerprint density at radius 2 is 2.50 bits per heavy atom. The molecule has 0 radical (unpaired) electrons. The summed E-state index contributed by atoms with van der Waals surface area (Å²) in [6.07, 6.45) is 0. The Morgan fingerprint density at radius 1 is 1.75 bits per heavy atom. The SMILES string of the molecule is COCC(C)c1cc(CO)on1. The number of aliphatic hydroxyl groups excluding tert-OH is 1. The molecule has 0 saturated heterocycles. The third kappa shape index (κ3) is 2.06. The van der Waals surface area contributed by atoms with E-state index in [-0.39, 0.29) is 12.5 Å². The predicted octanol–water partition coefficient (Wildman–Crippen LogP) is 0.917. The van der Waals surface area contributed by atoms with Crippen LogP contribution in [0, 0.1) is 0 Å². The molecule has 1 atom stereocenters. The average molecular weight is 171 g/mol. The number of aromatic nitrogens is 1. The van der Waals surface area contributed by atoms with E-state index in [4.69, 9.17) is 14.4 Å². The summed E-state index contributed by atoms with van der Waals surface area (Å²) < 4.78 is 9.78. The zero-order valence-electron chi connectivity index (χ0n) is 7.28. The van der Waals surface area contributed by atoms with Gasteiger partial charge in [-0.1, -0.05) is 12.1 Å². The van der Waals surface area contributed by atoms with Crippen molar-refractivity contribution in [3.63, 3.8) is 0 Å². The van der Waals surface area contributed by atoms with Gasteiger partial charge in [0.05, 0.1) is 12.3 Å². The number of nitrogens with zero attached hydrogens (tertiary/aromatic N) is 1. The third-order valence-corrected chi connectivity index (χ3v) is 1.65. The van der Waals surface area contributed by atoms with E-state index in [0.29, 0.717) is 12.4 Å². The van der Waals surface area contributed by atoms with Gasteiger partial charge in [-0.3, -0.25) is 0 Å². The molecule has 1 rings (SSSR count). The molecule has 1 unspecified atom stereocenters. The fourth-order valence-electron chi connectivity index (χ4n) is 0.971. The first kappa shape index (κ1) is 9.22. The number of aliphatic hydroxyl groups is 1. The van der Waals surface area contributed by atoms with Gasteiger partial charge in [-0.05, 0) is 0 Å². The molecule has 1 heterocycles. The van der Waals surface area contributed by atoms with Crippen molar-refractivity contribution >= 4 is 0 Å². The summed E-state index contributed by atoms with van der Waals surface area (Å²) in [7, 11) is 1.64. The maximum atomic E-state index is 8.70. The number of ether oxygens (including phenoxy) is 1. The van der Waals surface area contributed by atoms with Gasteiger partial charge in [0.1, 0.15) is 6.61 Å². The minimum atomic E-state index is -0.104. The van der Waals surface area contributed by atoms with Gasteiger partial charge < -0.3 is 14.4 Å². The first-order valence-electron chi connectivity index (χ1n) is 3.83. The van der Waals surface area contributed by atoms with Crippen molar-refractivity contribution in [2.75, 3.05) is 13.7 Å². The van der Waals surface area contributed by atoms with Crippen LogP contribution in [0.3, 0.4) is 0 Å². The molecular formula is C8H13NO3. The molecule has 1 aromatic rings. The second-order valence-corrected chi connectivity index (χ2v) is 2.73. The van der Waals surface area contributed by atoms with E-state index < -0.39 is 0 Å². The van der Waals surface area contributed by atoms with E-state index in [9.17, 15) is 0 Å². The van der Waals surface area contributed by atoms with Gasteiger partial charge in [0.15, 0.2) is 5.76 Å². The second kappa shape index (κ2) is 4.23. The molecule has 0 amide bonds. The summed E-state index contributed by atoms with van der Waals surface area (Å²) >= 11 is 0. The van der Waals surface area contributed by atoms with Crippen molar-refractivity contribution in [3.05, 3.63) is 17.5 Å². The standard InChI is InChI=1S/C8H13NO3/c1-6(5-11-2)8-3-7(4-10)12-9-8/h3,6,10H,4-5H2,1-2H3. The highest BCUT2D eigenvalue weighted by Gasteiger charge is 2.10. The van der Waals surface area contributed by atoms with Crippen molar-refractivity contribution in [1.82, 2.24) is 5.16 Å². The van der Waals surface area contributed by atoms with Crippen LogP contribution in [0.4, 0.5) is 0 Å². The van der Waals surface area contributed by atoms with Crippen molar-refractivity contribution < 1.29 is 14.4 Å². The van der Waals surface area contributed by atoms with Gasteiger partial charge in [-0.15, -0.1) is 0 Å². The number of rotatable bonds is 4. The Morgan fingerprint density at radius 3 is 3.00 bits per heavy atom. The number of methoxy groups -OCH3 is 1. The Bertz CT molecular complexity index is 234. The van der Waals surface area contributed by atoms with E-state index in [1.165, 1.54) is 0 Å². The van der Waals surface area contributed by atoms with Crippen LogP contribution < -0.4 is 0 Å². The molecule has 1 N–H and O–H groups in total. The first-order valence-corrected chi connectivity index (χ1v) is 3.83. The van der Waals surface area contributed by atoms with Gasteiger partial charge in [0.25, 0.3) is 0 Å². The van der Waals surface area contributed by atoms with E-state index in [1.54, 1.807) is 13.2 Å². The topological polar surface area (TPSA) is 55.5 Å². The van der Waals surface area contributed by atoms with Gasteiger partial charge in [0.2, 0.25) is 0 Å². The van der Waals surface area contributed by atoms with Crippen molar-refractivity contribution in [3.8, 4) is 0 Å². The lowest BCUT2D eigenvalue weighted by Crippen LogP contribution is -2.01. The van der Waals surface area contributed by atoms with Crippen LogP contribution >= 0.6 is 0 Å². The summed E-state index contributed by atoms with van der Waals surface area (Å²) in [5, 5.41) is 12.5. The summed E-state index contributed by atoms with van der Waals surface area (Å²) in [6, 6.07) is 1.74. The number of hydrogen-bond donors (Lipinski definition) is 1. The highest BCUT2D eigenvalue weighted by molar-refractivity contribution is 5.08. The van der Waals surface area contributed by atoms with Crippen LogP contribution in [-0.4, -0.2) is 24.0 Å². The van der Waals surface area contributed by atoms with Gasteiger partial charge in [-0.2, -0.15) is 0 Å². The molecule has 0 fully saturated rings. The molecule has 4 nitrogen and oxygen atoms in total. The summed E-state index contributed by atoms with van der Waals surface area (Å²) in [5.74, 6) is 0.701. The molecule has 0 saturated carbocycles. The molecule has 0 aliphatic heterocycles. The Kier molecular flexibility index (Phi) is 3.25. The van der Waals surface area contributed by atoms with Gasteiger partial charge >= 0.3 is 0 Å². The minimum absolute atomic E-state index is 0.104. The molecule has 4 heteroatoms. The monoisotopic (exact) mass is 171 g/mol. The van der Waals surface area contributed by atoms with Crippen LogP contribution in [0.25, 0.3) is 0 Å². The van der Waals surface area contributed by atoms with Crippen LogP contribution in [0.1, 0.15) is 24.3 Å². The fraction of sp³-hybridized carbons (Fsp3) is 0.625. The maximum absolute atomic E-state index is 8.70. The largest absolute Gasteiger partial charge is 0.388 e. The lowest BCUT2D eigenvalue weighted by Gasteiger charge is -2.03. The molecule has 0 aliphatic rings. The zero-order valence-corrected chi connectivity index (χ0v) is 7.28. The van der Waals surface area contributed by atoms with Crippen LogP contribution in [0.5, 0.6) is 0 Å². The van der Waals surface area contributed by atoms with Crippen molar-refractivity contribution in [2.45, 2.75) is 19.4 Å². The van der Waals surface area contributed by atoms with E-state index in [1.807, 2.05) is 6.92 Å². The predicted molar refractivity (Wildman–Crippen MR) is 42.7 cm³/mol. The Labute approximate surface area is 71.1 Å². The van der Waals surface area contributed by atoms with Crippen LogP contribution in [0.15, 0.2) is 10.6 Å². The van der Waals surface area contributed by atoms with E-state index in [2.05, 4.69) is 5.16 Å². The maximum Gasteiger partial charge on any atom is 0.162 e. The van der Waals surface area contributed by atoms with Crippen LogP contribution in [-0.2, 0) is 11.3 Å². The highest BCUT2D eigenvalue weighted by Crippen LogP contribution is 2.14. The minimum Gasteiger partial charge on any atom is -0.388 e. The first-order chi connectivity index (χ1) is 5.77. The molecule has 12 heavy (non-hydrogen) atoms. The lowest BCUT2D eigenvalue weighted by atomic mass is 10.1. The van der Waals surface area contributed by atoms with Gasteiger partial charge in [0, 0.05) is 19.1 Å². The van der Waals surface area contributed by atoms with Crippen molar-refractivity contribution in [1.29, 1.82) is 0 Å². The lowest BCUT2D eigenvalue weighted by molar-refractivity contribution is 0.180. The third-order valence-electron chi connectivity index (χ3n) is 1.65. The zero-order chi connectivity index (χ0) is 8.97. The normalized spacial score (nSPS) is 13.2. The summed E-state index contributed by atoms with van der Waals surface area (Å²) in [4.78, 5) is 0.